The Morgan fingerprint density at radius 2 is 2.08 bits per heavy atom. The van der Waals surface area contributed by atoms with E-state index < -0.39 is 0 Å². The minimum Gasteiger partial charge on any atom is -0.353 e. The first-order valence-electron chi connectivity index (χ1n) is 4.28. The average Bonchev–Trinajstić information content (AvgIpc) is 2.07. The third kappa shape index (κ3) is 1.21. The SMILES string of the molecule is Cl.NCC12CCC(CC1)NC2=O. The van der Waals surface area contributed by atoms with Gasteiger partial charge in [-0.3, -0.25) is 4.79 Å². The lowest BCUT2D eigenvalue weighted by molar-refractivity contribution is -0.138. The lowest BCUT2D eigenvalue weighted by atomic mass is 9.68. The van der Waals surface area contributed by atoms with Crippen molar-refractivity contribution in [1.29, 1.82) is 0 Å². The number of fused-ring (bicyclic) bond motifs is 3. The van der Waals surface area contributed by atoms with Crippen LogP contribution in [0.4, 0.5) is 0 Å². The van der Waals surface area contributed by atoms with Crippen LogP contribution in [0.25, 0.3) is 0 Å². The summed E-state index contributed by atoms with van der Waals surface area (Å²) in [4.78, 5) is 11.4. The molecule has 0 aromatic heterocycles. The van der Waals surface area contributed by atoms with Gasteiger partial charge in [-0.2, -0.15) is 0 Å². The Balaban J connectivity index is 0.000000720. The molecule has 0 radical (unpaired) electrons. The summed E-state index contributed by atoms with van der Waals surface area (Å²) in [7, 11) is 0. The van der Waals surface area contributed by atoms with Crippen LogP contribution in [0, 0.1) is 5.41 Å². The molecule has 4 heteroatoms. The van der Waals surface area contributed by atoms with Gasteiger partial charge in [0.25, 0.3) is 0 Å². The summed E-state index contributed by atoms with van der Waals surface area (Å²) in [6.45, 7) is 0.519. The molecule has 3 N–H and O–H groups in total. The monoisotopic (exact) mass is 190 g/mol. The van der Waals surface area contributed by atoms with E-state index in [4.69, 9.17) is 5.73 Å². The minimum absolute atomic E-state index is 0. The Morgan fingerprint density at radius 1 is 1.50 bits per heavy atom. The zero-order chi connectivity index (χ0) is 7.90. The molecule has 2 bridgehead atoms. The van der Waals surface area contributed by atoms with Crippen LogP contribution in [0.3, 0.4) is 0 Å². The largest absolute Gasteiger partial charge is 0.353 e. The summed E-state index contributed by atoms with van der Waals surface area (Å²) < 4.78 is 0. The summed E-state index contributed by atoms with van der Waals surface area (Å²) >= 11 is 0. The van der Waals surface area contributed by atoms with E-state index in [2.05, 4.69) is 5.32 Å². The van der Waals surface area contributed by atoms with Crippen molar-refractivity contribution in [2.24, 2.45) is 11.1 Å². The molecule has 3 fully saturated rings. The van der Waals surface area contributed by atoms with Gasteiger partial charge in [-0.05, 0) is 25.7 Å². The van der Waals surface area contributed by atoms with Gasteiger partial charge in [-0.15, -0.1) is 12.4 Å². The van der Waals surface area contributed by atoms with Crippen molar-refractivity contribution < 1.29 is 4.79 Å². The quantitative estimate of drug-likeness (QED) is 0.630. The number of halogens is 1. The molecule has 1 aliphatic carbocycles. The first-order valence-corrected chi connectivity index (χ1v) is 4.28. The highest BCUT2D eigenvalue weighted by molar-refractivity contribution is 5.85. The van der Waals surface area contributed by atoms with Gasteiger partial charge >= 0.3 is 0 Å². The van der Waals surface area contributed by atoms with E-state index >= 15 is 0 Å². The second-order valence-corrected chi connectivity index (χ2v) is 3.73. The van der Waals surface area contributed by atoms with Crippen LogP contribution in [-0.2, 0) is 4.79 Å². The van der Waals surface area contributed by atoms with Gasteiger partial charge < -0.3 is 11.1 Å². The molecule has 3 rings (SSSR count). The van der Waals surface area contributed by atoms with Gasteiger partial charge in [0.1, 0.15) is 0 Å². The molecule has 0 spiro atoms. The topological polar surface area (TPSA) is 55.1 Å². The third-order valence-corrected chi connectivity index (χ3v) is 3.15. The molecule has 0 aromatic rings. The number of carbonyl (C=O) groups excluding carboxylic acids is 1. The van der Waals surface area contributed by atoms with E-state index in [0.29, 0.717) is 12.6 Å². The normalized spacial score (nSPS) is 38.8. The smallest absolute Gasteiger partial charge is 0.227 e. The summed E-state index contributed by atoms with van der Waals surface area (Å²) in [5.41, 5.74) is 5.42. The first kappa shape index (κ1) is 9.81. The maximum Gasteiger partial charge on any atom is 0.227 e. The lowest BCUT2D eigenvalue weighted by Crippen LogP contribution is -2.58. The second-order valence-electron chi connectivity index (χ2n) is 3.73. The maximum absolute atomic E-state index is 11.4. The first-order chi connectivity index (χ1) is 5.27. The summed E-state index contributed by atoms with van der Waals surface area (Å²) in [5, 5.41) is 2.99. The van der Waals surface area contributed by atoms with E-state index in [-0.39, 0.29) is 23.7 Å². The molecule has 2 saturated heterocycles. The van der Waals surface area contributed by atoms with Crippen molar-refractivity contribution >= 4 is 18.3 Å². The number of rotatable bonds is 1. The Labute approximate surface area is 78.5 Å². The van der Waals surface area contributed by atoms with Gasteiger partial charge in [0, 0.05) is 12.6 Å². The van der Waals surface area contributed by atoms with Gasteiger partial charge in [-0.25, -0.2) is 0 Å². The fraction of sp³-hybridized carbons (Fsp3) is 0.875. The number of carbonyl (C=O) groups is 1. The van der Waals surface area contributed by atoms with Gasteiger partial charge in [0.05, 0.1) is 5.41 Å². The second kappa shape index (κ2) is 3.23. The summed E-state index contributed by atoms with van der Waals surface area (Å²) in [6.07, 6.45) is 4.26. The molecule has 2 aliphatic heterocycles. The molecule has 0 unspecified atom stereocenters. The number of amides is 1. The van der Waals surface area contributed by atoms with Crippen LogP contribution in [0.5, 0.6) is 0 Å². The molecule has 3 nitrogen and oxygen atoms in total. The Bertz CT molecular complexity index is 187. The van der Waals surface area contributed by atoms with Gasteiger partial charge in [0.15, 0.2) is 0 Å². The van der Waals surface area contributed by atoms with E-state index in [0.717, 1.165) is 25.7 Å². The standard InChI is InChI=1S/C8H14N2O.ClH/c9-5-8-3-1-6(2-4-8)10-7(8)11;/h6H,1-5,9H2,(H,10,11);1H. The van der Waals surface area contributed by atoms with Crippen LogP contribution in [0.2, 0.25) is 0 Å². The van der Waals surface area contributed by atoms with Crippen LogP contribution in [-0.4, -0.2) is 18.5 Å². The van der Waals surface area contributed by atoms with Crippen molar-refractivity contribution in [2.75, 3.05) is 6.54 Å². The maximum atomic E-state index is 11.4. The molecule has 1 amide bonds. The van der Waals surface area contributed by atoms with Gasteiger partial charge in [-0.1, -0.05) is 0 Å². The zero-order valence-electron chi connectivity index (χ0n) is 7.01. The Morgan fingerprint density at radius 3 is 2.42 bits per heavy atom. The van der Waals surface area contributed by atoms with E-state index in [1.807, 2.05) is 0 Å². The van der Waals surface area contributed by atoms with E-state index in [9.17, 15) is 4.79 Å². The molecule has 2 heterocycles. The minimum atomic E-state index is -0.186. The number of nitrogens with one attached hydrogen (secondary N) is 1. The molecule has 0 atom stereocenters. The fourth-order valence-electron chi connectivity index (χ4n) is 2.18. The number of nitrogens with two attached hydrogens (primary N) is 1. The molecule has 1 saturated carbocycles. The third-order valence-electron chi connectivity index (χ3n) is 3.15. The predicted molar refractivity (Wildman–Crippen MR) is 49.1 cm³/mol. The average molecular weight is 191 g/mol. The lowest BCUT2D eigenvalue weighted by Gasteiger charge is -2.44. The zero-order valence-corrected chi connectivity index (χ0v) is 7.82. The summed E-state index contributed by atoms with van der Waals surface area (Å²) in [6, 6.07) is 0.455. The Hall–Kier alpha value is -0.280. The molecular weight excluding hydrogens is 176 g/mol. The molecule has 3 aliphatic rings. The van der Waals surface area contributed by atoms with Crippen LogP contribution in [0.1, 0.15) is 25.7 Å². The molecule has 70 valence electrons. The van der Waals surface area contributed by atoms with Crippen LogP contribution < -0.4 is 11.1 Å². The van der Waals surface area contributed by atoms with E-state index in [1.165, 1.54) is 0 Å². The molecule has 0 aromatic carbocycles. The summed E-state index contributed by atoms with van der Waals surface area (Å²) in [5.74, 6) is 0.197. The highest BCUT2D eigenvalue weighted by Gasteiger charge is 2.45. The van der Waals surface area contributed by atoms with Crippen molar-refractivity contribution in [3.8, 4) is 0 Å². The number of piperidine rings is 2. The highest BCUT2D eigenvalue weighted by atomic mass is 35.5. The number of hydrogen-bond acceptors (Lipinski definition) is 2. The van der Waals surface area contributed by atoms with Crippen molar-refractivity contribution in [2.45, 2.75) is 31.7 Å². The fourth-order valence-corrected chi connectivity index (χ4v) is 2.18. The number of hydrogen-bond donors (Lipinski definition) is 2. The highest BCUT2D eigenvalue weighted by Crippen LogP contribution is 2.39. The van der Waals surface area contributed by atoms with Gasteiger partial charge in [0.2, 0.25) is 5.91 Å². The molecule has 12 heavy (non-hydrogen) atoms. The Kier molecular flexibility index (Phi) is 2.64. The van der Waals surface area contributed by atoms with Crippen LogP contribution in [0.15, 0.2) is 0 Å². The van der Waals surface area contributed by atoms with Crippen molar-refractivity contribution in [3.05, 3.63) is 0 Å². The van der Waals surface area contributed by atoms with Crippen molar-refractivity contribution in [1.82, 2.24) is 5.32 Å². The van der Waals surface area contributed by atoms with E-state index in [1.54, 1.807) is 0 Å². The van der Waals surface area contributed by atoms with Crippen LogP contribution >= 0.6 is 12.4 Å². The molecular formula is C8H15ClN2O. The predicted octanol–water partition coefficient (Wildman–Crippen LogP) is 0.426. The van der Waals surface area contributed by atoms with Crippen molar-refractivity contribution in [3.63, 3.8) is 0 Å².